The number of halogens is 4. The Hall–Kier alpha value is -1.08. The van der Waals surface area contributed by atoms with Gasteiger partial charge in [-0.05, 0) is 30.9 Å². The molecule has 0 amide bonds. The SMILES string of the molecule is CN=C(NCC(C)(C)c1ccccc1C)NC1CCN(S(=O)(=O)C(F)(F)F)CC1.I. The highest BCUT2D eigenvalue weighted by Crippen LogP contribution is 2.29. The van der Waals surface area contributed by atoms with Crippen molar-refractivity contribution in [1.29, 1.82) is 0 Å². The summed E-state index contributed by atoms with van der Waals surface area (Å²) in [4.78, 5) is 4.19. The van der Waals surface area contributed by atoms with Crippen molar-refractivity contribution >= 4 is 40.0 Å². The number of rotatable bonds is 5. The molecule has 0 radical (unpaired) electrons. The molecule has 2 N–H and O–H groups in total. The smallest absolute Gasteiger partial charge is 0.356 e. The molecular formula is C19H30F3IN4O2S. The van der Waals surface area contributed by atoms with E-state index in [1.165, 1.54) is 11.1 Å². The number of hydrogen-bond acceptors (Lipinski definition) is 3. The first-order valence-electron chi connectivity index (χ1n) is 9.48. The fourth-order valence-electron chi connectivity index (χ4n) is 3.51. The highest BCUT2D eigenvalue weighted by Gasteiger charge is 2.50. The minimum Gasteiger partial charge on any atom is -0.356 e. The van der Waals surface area contributed by atoms with Crippen LogP contribution in [-0.2, 0) is 15.4 Å². The van der Waals surface area contributed by atoms with Gasteiger partial charge >= 0.3 is 15.5 Å². The summed E-state index contributed by atoms with van der Waals surface area (Å²) < 4.78 is 61.6. The highest BCUT2D eigenvalue weighted by molar-refractivity contribution is 14.0. The maximum atomic E-state index is 12.7. The minimum absolute atomic E-state index is 0. The lowest BCUT2D eigenvalue weighted by atomic mass is 9.82. The Bertz CT molecular complexity index is 836. The van der Waals surface area contributed by atoms with E-state index in [-0.39, 0.29) is 61.4 Å². The van der Waals surface area contributed by atoms with Crippen molar-refractivity contribution < 1.29 is 21.6 Å². The van der Waals surface area contributed by atoms with Gasteiger partial charge in [0, 0.05) is 38.1 Å². The monoisotopic (exact) mass is 562 g/mol. The zero-order valence-corrected chi connectivity index (χ0v) is 20.7. The van der Waals surface area contributed by atoms with Gasteiger partial charge in [-0.1, -0.05) is 38.1 Å². The first kappa shape index (κ1) is 27.0. The quantitative estimate of drug-likeness (QED) is 0.328. The summed E-state index contributed by atoms with van der Waals surface area (Å²) in [6.07, 6.45) is 0.550. The lowest BCUT2D eigenvalue weighted by Gasteiger charge is -2.33. The number of nitrogens with zero attached hydrogens (tertiary/aromatic N) is 2. The summed E-state index contributed by atoms with van der Waals surface area (Å²) in [7, 11) is -3.64. The van der Waals surface area contributed by atoms with Gasteiger partial charge in [-0.25, -0.2) is 8.42 Å². The molecule has 6 nitrogen and oxygen atoms in total. The van der Waals surface area contributed by atoms with E-state index in [1.807, 2.05) is 12.1 Å². The van der Waals surface area contributed by atoms with Crippen LogP contribution in [0.2, 0.25) is 0 Å². The Morgan fingerprint density at radius 2 is 1.77 bits per heavy atom. The average Bonchev–Trinajstić information content (AvgIpc) is 2.64. The molecular weight excluding hydrogens is 532 g/mol. The normalized spacial score (nSPS) is 17.4. The molecule has 0 aromatic heterocycles. The molecule has 1 aromatic rings. The zero-order valence-electron chi connectivity index (χ0n) is 17.6. The second-order valence-corrected chi connectivity index (χ2v) is 9.82. The number of aliphatic imine (C=N–C) groups is 1. The lowest BCUT2D eigenvalue weighted by Crippen LogP contribution is -2.52. The van der Waals surface area contributed by atoms with Crippen LogP contribution in [0.15, 0.2) is 29.3 Å². The molecule has 1 saturated heterocycles. The molecule has 0 saturated carbocycles. The van der Waals surface area contributed by atoms with Gasteiger partial charge in [-0.2, -0.15) is 17.5 Å². The van der Waals surface area contributed by atoms with Gasteiger partial charge in [0.1, 0.15) is 0 Å². The van der Waals surface area contributed by atoms with Gasteiger partial charge in [0.2, 0.25) is 0 Å². The number of hydrogen-bond donors (Lipinski definition) is 2. The standard InChI is InChI=1S/C19H29F3N4O2S.HI/c1-14-7-5-6-8-16(14)18(2,3)13-24-17(23-4)25-15-9-11-26(12-10-15)29(27,28)19(20,21)22;/h5-8,15H,9-13H2,1-4H3,(H2,23,24,25);1H. The van der Waals surface area contributed by atoms with Crippen molar-refractivity contribution in [3.63, 3.8) is 0 Å². The first-order valence-corrected chi connectivity index (χ1v) is 10.9. The second kappa shape index (κ2) is 10.5. The molecule has 0 atom stereocenters. The maximum absolute atomic E-state index is 12.7. The Kier molecular flexibility index (Phi) is 9.42. The Morgan fingerprint density at radius 3 is 2.27 bits per heavy atom. The van der Waals surface area contributed by atoms with Crippen LogP contribution in [0.4, 0.5) is 13.2 Å². The van der Waals surface area contributed by atoms with Crippen molar-refractivity contribution in [2.24, 2.45) is 4.99 Å². The van der Waals surface area contributed by atoms with Crippen LogP contribution in [0.5, 0.6) is 0 Å². The number of nitrogens with one attached hydrogen (secondary N) is 2. The maximum Gasteiger partial charge on any atom is 0.511 e. The molecule has 1 fully saturated rings. The molecule has 0 spiro atoms. The molecule has 1 aliphatic heterocycles. The Morgan fingerprint density at radius 1 is 1.20 bits per heavy atom. The first-order chi connectivity index (χ1) is 13.4. The van der Waals surface area contributed by atoms with Gasteiger partial charge in [0.05, 0.1) is 0 Å². The van der Waals surface area contributed by atoms with Crippen molar-refractivity contribution in [2.45, 2.75) is 50.6 Å². The molecule has 0 bridgehead atoms. The van der Waals surface area contributed by atoms with Crippen LogP contribution in [-0.4, -0.2) is 56.9 Å². The summed E-state index contributed by atoms with van der Waals surface area (Å²) >= 11 is 0. The second-order valence-electron chi connectivity index (χ2n) is 7.89. The number of guanidine groups is 1. The van der Waals surface area contributed by atoms with Crippen LogP contribution in [0, 0.1) is 6.92 Å². The molecule has 2 rings (SSSR count). The van der Waals surface area contributed by atoms with E-state index in [2.05, 4.69) is 48.5 Å². The van der Waals surface area contributed by atoms with E-state index >= 15 is 0 Å². The van der Waals surface area contributed by atoms with Crippen molar-refractivity contribution in [2.75, 3.05) is 26.7 Å². The molecule has 0 unspecified atom stereocenters. The van der Waals surface area contributed by atoms with Crippen LogP contribution in [0.1, 0.15) is 37.8 Å². The van der Waals surface area contributed by atoms with Gasteiger partial charge in [0.15, 0.2) is 5.96 Å². The van der Waals surface area contributed by atoms with E-state index in [4.69, 9.17) is 0 Å². The fourth-order valence-corrected chi connectivity index (χ4v) is 4.49. The van der Waals surface area contributed by atoms with Gasteiger partial charge in [0.25, 0.3) is 0 Å². The third-order valence-corrected chi connectivity index (χ3v) is 6.85. The molecule has 30 heavy (non-hydrogen) atoms. The lowest BCUT2D eigenvalue weighted by molar-refractivity contribution is -0.0494. The van der Waals surface area contributed by atoms with Crippen LogP contribution in [0.3, 0.4) is 0 Å². The molecule has 172 valence electrons. The molecule has 1 heterocycles. The van der Waals surface area contributed by atoms with Crippen molar-refractivity contribution in [3.05, 3.63) is 35.4 Å². The predicted octanol–water partition coefficient (Wildman–Crippen LogP) is 3.37. The average molecular weight is 562 g/mol. The summed E-state index contributed by atoms with van der Waals surface area (Å²) in [5, 5.41) is 6.47. The summed E-state index contributed by atoms with van der Waals surface area (Å²) in [5.74, 6) is 0.545. The van der Waals surface area contributed by atoms with Gasteiger partial charge in [-0.3, -0.25) is 4.99 Å². The molecule has 1 aliphatic rings. The number of piperidine rings is 1. The zero-order chi connectivity index (χ0) is 21.9. The Balaban J connectivity index is 0.00000450. The topological polar surface area (TPSA) is 73.8 Å². The van der Waals surface area contributed by atoms with E-state index in [0.29, 0.717) is 16.8 Å². The Labute approximate surface area is 193 Å². The summed E-state index contributed by atoms with van der Waals surface area (Å²) in [5.41, 5.74) is -3.01. The highest BCUT2D eigenvalue weighted by atomic mass is 127. The van der Waals surface area contributed by atoms with Gasteiger partial charge in [-0.15, -0.1) is 24.0 Å². The fraction of sp³-hybridized carbons (Fsp3) is 0.632. The number of benzene rings is 1. The van der Waals surface area contributed by atoms with Crippen molar-refractivity contribution in [1.82, 2.24) is 14.9 Å². The molecule has 11 heteroatoms. The van der Waals surface area contributed by atoms with E-state index in [1.54, 1.807) is 7.05 Å². The van der Waals surface area contributed by atoms with Crippen LogP contribution in [0.25, 0.3) is 0 Å². The van der Waals surface area contributed by atoms with E-state index < -0.39 is 15.5 Å². The largest absolute Gasteiger partial charge is 0.511 e. The molecule has 1 aromatic carbocycles. The third-order valence-electron chi connectivity index (χ3n) is 5.22. The minimum atomic E-state index is -5.26. The van der Waals surface area contributed by atoms with Crippen molar-refractivity contribution in [3.8, 4) is 0 Å². The van der Waals surface area contributed by atoms with Gasteiger partial charge < -0.3 is 10.6 Å². The molecule has 0 aliphatic carbocycles. The van der Waals surface area contributed by atoms with E-state index in [0.717, 1.165) is 0 Å². The number of sulfonamides is 1. The third kappa shape index (κ3) is 6.46. The number of alkyl halides is 3. The number of aryl methyl sites for hydroxylation is 1. The summed E-state index contributed by atoms with van der Waals surface area (Å²) in [6, 6.07) is 7.99. The van der Waals surface area contributed by atoms with E-state index in [9.17, 15) is 21.6 Å². The predicted molar refractivity (Wildman–Crippen MR) is 124 cm³/mol. The van der Waals surface area contributed by atoms with Crippen LogP contribution < -0.4 is 10.6 Å². The van der Waals surface area contributed by atoms with Crippen LogP contribution >= 0.6 is 24.0 Å². The summed E-state index contributed by atoms with van der Waals surface area (Å²) in [6.45, 7) is 6.56.